The third kappa shape index (κ3) is 5.43. The lowest BCUT2D eigenvalue weighted by molar-refractivity contribution is 1.07. The summed E-state index contributed by atoms with van der Waals surface area (Å²) < 4.78 is 2.26. The molecule has 5 heteroatoms. The highest BCUT2D eigenvalue weighted by Gasteiger charge is 2.16. The monoisotopic (exact) mass is 627 g/mol. The average molecular weight is 628 g/mol. The molecule has 0 aliphatic rings. The van der Waals surface area contributed by atoms with Crippen LogP contribution in [0.2, 0.25) is 0 Å². The summed E-state index contributed by atoms with van der Waals surface area (Å²) in [6.45, 7) is 0. The zero-order chi connectivity index (χ0) is 32.6. The maximum Gasteiger partial charge on any atom is 0.164 e. The van der Waals surface area contributed by atoms with Crippen molar-refractivity contribution in [3.05, 3.63) is 176 Å². The fourth-order valence-corrected chi connectivity index (χ4v) is 6.36. The first kappa shape index (κ1) is 28.5. The molecule has 9 rings (SSSR count). The second kappa shape index (κ2) is 12.1. The number of hydrogen-bond donors (Lipinski definition) is 0. The Balaban J connectivity index is 1.06. The molecule has 5 nitrogen and oxygen atoms in total. The summed E-state index contributed by atoms with van der Waals surface area (Å²) in [5.41, 5.74) is 9.26. The van der Waals surface area contributed by atoms with Crippen LogP contribution in [-0.4, -0.2) is 24.5 Å². The van der Waals surface area contributed by atoms with Gasteiger partial charge in [0.25, 0.3) is 0 Å². The molecule has 9 aromatic rings. The number of para-hydroxylation sites is 2. The van der Waals surface area contributed by atoms with Gasteiger partial charge in [-0.05, 0) is 46.2 Å². The van der Waals surface area contributed by atoms with Crippen LogP contribution in [0.5, 0.6) is 0 Å². The van der Waals surface area contributed by atoms with Crippen LogP contribution >= 0.6 is 0 Å². The Morgan fingerprint density at radius 1 is 0.327 bits per heavy atom. The van der Waals surface area contributed by atoms with E-state index in [-0.39, 0.29) is 0 Å². The minimum Gasteiger partial charge on any atom is -0.292 e. The topological polar surface area (TPSA) is 56.5 Å². The smallest absolute Gasteiger partial charge is 0.164 e. The zero-order valence-corrected chi connectivity index (χ0v) is 26.5. The van der Waals surface area contributed by atoms with E-state index >= 15 is 0 Å². The number of rotatable bonds is 6. The van der Waals surface area contributed by atoms with Crippen LogP contribution in [0.4, 0.5) is 0 Å². The number of nitrogens with zero attached hydrogens (tertiary/aromatic N) is 5. The number of imidazole rings is 1. The lowest BCUT2D eigenvalue weighted by Crippen LogP contribution is -2.00. The van der Waals surface area contributed by atoms with Crippen LogP contribution in [0, 0.1) is 0 Å². The Labute approximate surface area is 283 Å². The Morgan fingerprint density at radius 2 is 0.796 bits per heavy atom. The first-order chi connectivity index (χ1) is 24.3. The van der Waals surface area contributed by atoms with Gasteiger partial charge < -0.3 is 0 Å². The van der Waals surface area contributed by atoms with Gasteiger partial charge >= 0.3 is 0 Å². The van der Waals surface area contributed by atoms with E-state index in [9.17, 15) is 0 Å². The van der Waals surface area contributed by atoms with Gasteiger partial charge in [0.2, 0.25) is 0 Å². The van der Waals surface area contributed by atoms with E-state index in [0.717, 1.165) is 55.9 Å². The summed E-state index contributed by atoms with van der Waals surface area (Å²) in [6, 6.07) is 60.5. The molecular formula is C44H29N5. The van der Waals surface area contributed by atoms with Gasteiger partial charge in [-0.3, -0.25) is 4.57 Å². The number of benzene rings is 7. The van der Waals surface area contributed by atoms with Gasteiger partial charge in [0.15, 0.2) is 17.5 Å². The molecule has 2 heterocycles. The molecule has 0 atom stereocenters. The van der Waals surface area contributed by atoms with Gasteiger partial charge in [-0.2, -0.15) is 0 Å². The summed E-state index contributed by atoms with van der Waals surface area (Å²) in [7, 11) is 0. The summed E-state index contributed by atoms with van der Waals surface area (Å²) in [5, 5.41) is 2.42. The molecule has 0 aliphatic heterocycles. The van der Waals surface area contributed by atoms with E-state index in [1.807, 2.05) is 66.7 Å². The molecule has 49 heavy (non-hydrogen) atoms. The summed E-state index contributed by atoms with van der Waals surface area (Å²) >= 11 is 0. The molecule has 0 spiro atoms. The average Bonchev–Trinajstić information content (AvgIpc) is 3.58. The van der Waals surface area contributed by atoms with E-state index in [0.29, 0.717) is 17.5 Å². The molecule has 0 radical (unpaired) electrons. The van der Waals surface area contributed by atoms with Crippen LogP contribution in [0.15, 0.2) is 176 Å². The molecule has 0 fully saturated rings. The van der Waals surface area contributed by atoms with Crippen LogP contribution in [0.25, 0.3) is 84.2 Å². The van der Waals surface area contributed by atoms with Gasteiger partial charge in [-0.15, -0.1) is 0 Å². The predicted octanol–water partition coefficient (Wildman–Crippen LogP) is 10.7. The molecule has 0 aliphatic carbocycles. The molecule has 230 valence electrons. The largest absolute Gasteiger partial charge is 0.292 e. The molecule has 0 saturated heterocycles. The van der Waals surface area contributed by atoms with E-state index in [1.165, 1.54) is 10.8 Å². The van der Waals surface area contributed by atoms with Crippen molar-refractivity contribution in [3.8, 4) is 62.4 Å². The molecule has 0 saturated carbocycles. The van der Waals surface area contributed by atoms with Crippen molar-refractivity contribution < 1.29 is 0 Å². The molecule has 0 amide bonds. The molecule has 0 unspecified atom stereocenters. The molecule has 0 bridgehead atoms. The predicted molar refractivity (Wildman–Crippen MR) is 199 cm³/mol. The van der Waals surface area contributed by atoms with E-state index in [4.69, 9.17) is 19.9 Å². The minimum absolute atomic E-state index is 0.641. The molecular weight excluding hydrogens is 599 g/mol. The van der Waals surface area contributed by atoms with E-state index in [1.54, 1.807) is 0 Å². The Bertz CT molecular complexity index is 2520. The second-order valence-electron chi connectivity index (χ2n) is 12.0. The minimum atomic E-state index is 0.641. The van der Waals surface area contributed by atoms with Crippen LogP contribution in [-0.2, 0) is 0 Å². The first-order valence-electron chi connectivity index (χ1n) is 16.3. The van der Waals surface area contributed by atoms with Gasteiger partial charge in [0, 0.05) is 27.9 Å². The SMILES string of the molecule is c1ccc(-c2nc(-c3ccccc3)nc(-c3ccc(-c4ccc(-c5nc6ccccc6n5-c5ccc6ccccc6c5)cc4)cc3)n2)cc1. The van der Waals surface area contributed by atoms with Crippen LogP contribution in [0.3, 0.4) is 0 Å². The fourth-order valence-electron chi connectivity index (χ4n) is 6.36. The molecule has 7 aromatic carbocycles. The van der Waals surface area contributed by atoms with Crippen molar-refractivity contribution in [2.24, 2.45) is 0 Å². The van der Waals surface area contributed by atoms with Gasteiger partial charge in [0.05, 0.1) is 11.0 Å². The van der Waals surface area contributed by atoms with Crippen molar-refractivity contribution in [3.63, 3.8) is 0 Å². The lowest BCUT2D eigenvalue weighted by Gasteiger charge is -2.12. The van der Waals surface area contributed by atoms with Crippen molar-refractivity contribution in [1.29, 1.82) is 0 Å². The van der Waals surface area contributed by atoms with Crippen molar-refractivity contribution in [1.82, 2.24) is 24.5 Å². The molecule has 0 N–H and O–H groups in total. The third-order valence-corrected chi connectivity index (χ3v) is 8.87. The number of hydrogen-bond acceptors (Lipinski definition) is 4. The van der Waals surface area contributed by atoms with Crippen LogP contribution in [0.1, 0.15) is 0 Å². The third-order valence-electron chi connectivity index (χ3n) is 8.87. The van der Waals surface area contributed by atoms with Crippen molar-refractivity contribution >= 4 is 21.8 Å². The Morgan fingerprint density at radius 3 is 1.41 bits per heavy atom. The fraction of sp³-hybridized carbons (Fsp3) is 0. The standard InChI is InChI=1S/C44H29N5/c1-3-12-33(13-4-1)41-46-42(34-14-5-2-6-15-34)48-43(47-41)35-23-19-31(20-24-35)32-21-25-36(26-22-32)44-45-39-17-9-10-18-40(39)49(44)38-28-27-30-11-7-8-16-37(30)29-38/h1-29H. The van der Waals surface area contributed by atoms with Gasteiger partial charge in [0.1, 0.15) is 5.82 Å². The maximum atomic E-state index is 5.09. The van der Waals surface area contributed by atoms with E-state index < -0.39 is 0 Å². The zero-order valence-electron chi connectivity index (χ0n) is 26.5. The summed E-state index contributed by atoms with van der Waals surface area (Å²) in [4.78, 5) is 19.7. The maximum absolute atomic E-state index is 5.09. The Hall–Kier alpha value is -6.72. The van der Waals surface area contributed by atoms with E-state index in [2.05, 4.69) is 114 Å². The number of aromatic nitrogens is 5. The van der Waals surface area contributed by atoms with Crippen molar-refractivity contribution in [2.75, 3.05) is 0 Å². The van der Waals surface area contributed by atoms with Crippen molar-refractivity contribution in [2.45, 2.75) is 0 Å². The summed E-state index contributed by atoms with van der Waals surface area (Å²) in [5.74, 6) is 2.86. The highest BCUT2D eigenvalue weighted by Crippen LogP contribution is 2.32. The summed E-state index contributed by atoms with van der Waals surface area (Å²) in [6.07, 6.45) is 0. The molecule has 2 aromatic heterocycles. The quantitative estimate of drug-likeness (QED) is 0.184. The second-order valence-corrected chi connectivity index (χ2v) is 12.0. The first-order valence-corrected chi connectivity index (χ1v) is 16.3. The normalized spacial score (nSPS) is 11.3. The van der Waals surface area contributed by atoms with Crippen LogP contribution < -0.4 is 0 Å². The highest BCUT2D eigenvalue weighted by molar-refractivity contribution is 5.88. The number of fused-ring (bicyclic) bond motifs is 2. The van der Waals surface area contributed by atoms with Gasteiger partial charge in [-0.25, -0.2) is 19.9 Å². The highest BCUT2D eigenvalue weighted by atomic mass is 15.1. The Kier molecular flexibility index (Phi) is 7.06. The van der Waals surface area contributed by atoms with Gasteiger partial charge in [-0.1, -0.05) is 152 Å². The lowest BCUT2D eigenvalue weighted by atomic mass is 10.0.